The quantitative estimate of drug-likeness (QED) is 0.795. The third kappa shape index (κ3) is 3.26. The van der Waals surface area contributed by atoms with E-state index in [0.717, 1.165) is 23.2 Å². The molecule has 0 saturated heterocycles. The van der Waals surface area contributed by atoms with Crippen molar-refractivity contribution < 1.29 is 9.53 Å². The Morgan fingerprint density at radius 3 is 2.35 bits per heavy atom. The van der Waals surface area contributed by atoms with Gasteiger partial charge in [0.2, 0.25) is 0 Å². The van der Waals surface area contributed by atoms with Gasteiger partial charge < -0.3 is 4.74 Å². The molecule has 0 atom stereocenters. The van der Waals surface area contributed by atoms with Gasteiger partial charge in [-0.1, -0.05) is 25.5 Å². The van der Waals surface area contributed by atoms with Gasteiger partial charge in [-0.15, -0.1) is 0 Å². The normalized spacial score (nSPS) is 9.70. The van der Waals surface area contributed by atoms with E-state index in [0.29, 0.717) is 17.1 Å². The zero-order valence-corrected chi connectivity index (χ0v) is 13.0. The van der Waals surface area contributed by atoms with E-state index < -0.39 is 0 Å². The first-order valence-electron chi connectivity index (χ1n) is 6.77. The second-order valence-corrected chi connectivity index (χ2v) is 4.38. The standard InChI is InChI=1S/C14H16N2O2.C2H6/c1-9-5-6-13(12(7-9)8-17)18-14-10(2)15-16(4)11(14)3;1-2/h5-8H,1-4H3;1-2H3. The first-order valence-corrected chi connectivity index (χ1v) is 6.77. The number of aryl methyl sites for hydroxylation is 3. The zero-order chi connectivity index (χ0) is 15.3. The summed E-state index contributed by atoms with van der Waals surface area (Å²) in [6, 6.07) is 5.54. The third-order valence-corrected chi connectivity index (χ3v) is 2.95. The molecule has 1 aromatic carbocycles. The van der Waals surface area contributed by atoms with Crippen molar-refractivity contribution >= 4 is 6.29 Å². The first kappa shape index (κ1) is 16.0. The van der Waals surface area contributed by atoms with Gasteiger partial charge in [-0.3, -0.25) is 9.48 Å². The summed E-state index contributed by atoms with van der Waals surface area (Å²) in [5.74, 6) is 1.28. The number of aldehydes is 1. The molecule has 0 aliphatic carbocycles. The SMILES string of the molecule is CC.Cc1ccc(Oc2c(C)nn(C)c2C)c(C=O)c1. The molecule has 1 heterocycles. The van der Waals surface area contributed by atoms with Gasteiger partial charge in [0, 0.05) is 7.05 Å². The van der Waals surface area contributed by atoms with Crippen molar-refractivity contribution in [3.8, 4) is 11.5 Å². The molecule has 0 unspecified atom stereocenters. The van der Waals surface area contributed by atoms with Gasteiger partial charge in [-0.25, -0.2) is 0 Å². The highest BCUT2D eigenvalue weighted by molar-refractivity contribution is 5.79. The summed E-state index contributed by atoms with van der Waals surface area (Å²) in [7, 11) is 1.87. The van der Waals surface area contributed by atoms with E-state index in [1.54, 1.807) is 4.68 Å². The number of aromatic nitrogens is 2. The maximum Gasteiger partial charge on any atom is 0.171 e. The molecule has 4 nitrogen and oxygen atoms in total. The molecule has 0 aliphatic heterocycles. The van der Waals surface area contributed by atoms with Crippen LogP contribution in [0.3, 0.4) is 0 Å². The molecule has 4 heteroatoms. The number of nitrogens with zero attached hydrogens (tertiary/aromatic N) is 2. The molecule has 2 rings (SSSR count). The number of carbonyl (C=O) groups is 1. The van der Waals surface area contributed by atoms with Gasteiger partial charge in [0.15, 0.2) is 12.0 Å². The minimum atomic E-state index is 0.553. The Hall–Kier alpha value is -2.10. The monoisotopic (exact) mass is 274 g/mol. The van der Waals surface area contributed by atoms with E-state index in [9.17, 15) is 4.79 Å². The van der Waals surface area contributed by atoms with Gasteiger partial charge in [-0.05, 0) is 32.9 Å². The maximum atomic E-state index is 11.0. The lowest BCUT2D eigenvalue weighted by Gasteiger charge is -2.08. The molecule has 20 heavy (non-hydrogen) atoms. The third-order valence-electron chi connectivity index (χ3n) is 2.95. The van der Waals surface area contributed by atoms with Crippen molar-refractivity contribution in [3.63, 3.8) is 0 Å². The molecule has 0 aliphatic rings. The van der Waals surface area contributed by atoms with Crippen molar-refractivity contribution in [2.45, 2.75) is 34.6 Å². The van der Waals surface area contributed by atoms with Crippen LogP contribution >= 0.6 is 0 Å². The average Bonchev–Trinajstić information content (AvgIpc) is 2.69. The van der Waals surface area contributed by atoms with Gasteiger partial charge in [0.25, 0.3) is 0 Å². The second kappa shape index (κ2) is 6.89. The number of hydrogen-bond donors (Lipinski definition) is 0. The van der Waals surface area contributed by atoms with E-state index in [2.05, 4.69) is 5.10 Å². The van der Waals surface area contributed by atoms with Crippen molar-refractivity contribution in [2.24, 2.45) is 7.05 Å². The number of carbonyl (C=O) groups excluding carboxylic acids is 1. The molecule has 0 bridgehead atoms. The van der Waals surface area contributed by atoms with Crippen LogP contribution in [0.4, 0.5) is 0 Å². The predicted octanol–water partition coefficient (Wildman–Crippen LogP) is 3.98. The molecule has 0 spiro atoms. The fourth-order valence-electron chi connectivity index (χ4n) is 1.86. The van der Waals surface area contributed by atoms with Crippen LogP contribution < -0.4 is 4.74 Å². The number of rotatable bonds is 3. The molecular weight excluding hydrogens is 252 g/mol. The Morgan fingerprint density at radius 2 is 1.85 bits per heavy atom. The average molecular weight is 274 g/mol. The summed E-state index contributed by atoms with van der Waals surface area (Å²) in [6.07, 6.45) is 0.809. The molecule has 0 N–H and O–H groups in total. The van der Waals surface area contributed by atoms with Crippen LogP contribution in [0.15, 0.2) is 18.2 Å². The van der Waals surface area contributed by atoms with Crippen molar-refractivity contribution in [3.05, 3.63) is 40.7 Å². The van der Waals surface area contributed by atoms with Gasteiger partial charge in [0.05, 0.1) is 11.3 Å². The second-order valence-electron chi connectivity index (χ2n) is 4.38. The summed E-state index contributed by atoms with van der Waals surface area (Å²) < 4.78 is 7.59. The van der Waals surface area contributed by atoms with Crippen LogP contribution in [-0.2, 0) is 7.05 Å². The van der Waals surface area contributed by atoms with E-state index in [-0.39, 0.29) is 0 Å². The topological polar surface area (TPSA) is 44.1 Å². The Bertz CT molecular complexity index is 601. The summed E-state index contributed by atoms with van der Waals surface area (Å²) >= 11 is 0. The minimum Gasteiger partial charge on any atom is -0.453 e. The predicted molar refractivity (Wildman–Crippen MR) is 80.7 cm³/mol. The smallest absolute Gasteiger partial charge is 0.171 e. The molecule has 0 radical (unpaired) electrons. The van der Waals surface area contributed by atoms with Crippen LogP contribution in [0, 0.1) is 20.8 Å². The van der Waals surface area contributed by atoms with E-state index in [1.165, 1.54) is 0 Å². The largest absolute Gasteiger partial charge is 0.453 e. The van der Waals surface area contributed by atoms with Gasteiger partial charge in [-0.2, -0.15) is 5.10 Å². The lowest BCUT2D eigenvalue weighted by atomic mass is 10.1. The molecule has 1 aromatic heterocycles. The molecule has 0 saturated carbocycles. The molecule has 108 valence electrons. The summed E-state index contributed by atoms with van der Waals surface area (Å²) in [5, 5.41) is 4.28. The Balaban J connectivity index is 0.000000956. The minimum absolute atomic E-state index is 0.553. The highest BCUT2D eigenvalue weighted by Crippen LogP contribution is 2.30. The fourth-order valence-corrected chi connectivity index (χ4v) is 1.86. The van der Waals surface area contributed by atoms with E-state index in [4.69, 9.17) is 4.74 Å². The van der Waals surface area contributed by atoms with E-state index >= 15 is 0 Å². The number of hydrogen-bond acceptors (Lipinski definition) is 3. The number of ether oxygens (including phenoxy) is 1. The zero-order valence-electron chi connectivity index (χ0n) is 13.0. The Labute approximate surface area is 120 Å². The summed E-state index contributed by atoms with van der Waals surface area (Å²) in [5.41, 5.74) is 3.33. The highest BCUT2D eigenvalue weighted by atomic mass is 16.5. The fraction of sp³-hybridized carbons (Fsp3) is 0.375. The molecule has 0 amide bonds. The lowest BCUT2D eigenvalue weighted by Crippen LogP contribution is -1.95. The molecule has 0 fully saturated rings. The van der Waals surface area contributed by atoms with Gasteiger partial charge >= 0.3 is 0 Å². The Morgan fingerprint density at radius 1 is 1.20 bits per heavy atom. The van der Waals surface area contributed by atoms with Crippen LogP contribution in [0.5, 0.6) is 11.5 Å². The van der Waals surface area contributed by atoms with Gasteiger partial charge in [0.1, 0.15) is 11.4 Å². The Kier molecular flexibility index (Phi) is 5.50. The molecule has 2 aromatic rings. The first-order chi connectivity index (χ1) is 9.52. The highest BCUT2D eigenvalue weighted by Gasteiger charge is 2.13. The van der Waals surface area contributed by atoms with Crippen LogP contribution in [0.25, 0.3) is 0 Å². The lowest BCUT2D eigenvalue weighted by molar-refractivity contribution is 0.112. The summed E-state index contributed by atoms with van der Waals surface area (Å²) in [6.45, 7) is 9.76. The van der Waals surface area contributed by atoms with Crippen molar-refractivity contribution in [1.29, 1.82) is 0 Å². The van der Waals surface area contributed by atoms with Crippen molar-refractivity contribution in [1.82, 2.24) is 9.78 Å². The van der Waals surface area contributed by atoms with Crippen molar-refractivity contribution in [2.75, 3.05) is 0 Å². The molecular formula is C16H22N2O2. The van der Waals surface area contributed by atoms with Crippen LogP contribution in [0.1, 0.15) is 41.2 Å². The summed E-state index contributed by atoms with van der Waals surface area (Å²) in [4.78, 5) is 11.0. The van der Waals surface area contributed by atoms with Crippen LogP contribution in [0.2, 0.25) is 0 Å². The number of benzene rings is 1. The maximum absolute atomic E-state index is 11.0. The van der Waals surface area contributed by atoms with Crippen LogP contribution in [-0.4, -0.2) is 16.1 Å². The van der Waals surface area contributed by atoms with E-state index in [1.807, 2.05) is 59.9 Å².